The number of morpholine rings is 1. The molecule has 0 aromatic carbocycles. The van der Waals surface area contributed by atoms with Crippen LogP contribution in [0.3, 0.4) is 0 Å². The monoisotopic (exact) mass is 322 g/mol. The van der Waals surface area contributed by atoms with E-state index in [1.165, 1.54) is 16.9 Å². The molecule has 1 atom stereocenters. The Morgan fingerprint density at radius 3 is 2.86 bits per heavy atom. The van der Waals surface area contributed by atoms with Gasteiger partial charge in [0.2, 0.25) is 0 Å². The van der Waals surface area contributed by atoms with Crippen LogP contribution in [0.2, 0.25) is 0 Å². The summed E-state index contributed by atoms with van der Waals surface area (Å²) in [5.74, 6) is 0.0901. The van der Waals surface area contributed by atoms with Crippen molar-refractivity contribution in [3.05, 3.63) is 21.4 Å². The Bertz CT molecular complexity index is 515. The smallest absolute Gasteiger partial charge is 0.261 e. The van der Waals surface area contributed by atoms with Gasteiger partial charge in [-0.3, -0.25) is 9.69 Å². The van der Waals surface area contributed by atoms with Crippen LogP contribution in [0.5, 0.6) is 0 Å². The lowest BCUT2D eigenvalue weighted by Gasteiger charge is -2.43. The van der Waals surface area contributed by atoms with Gasteiger partial charge in [0.15, 0.2) is 0 Å². The molecule has 0 saturated carbocycles. The highest BCUT2D eigenvalue weighted by Crippen LogP contribution is 2.30. The first-order chi connectivity index (χ1) is 10.6. The Balaban J connectivity index is 1.60. The van der Waals surface area contributed by atoms with Gasteiger partial charge in [-0.1, -0.05) is 6.92 Å². The summed E-state index contributed by atoms with van der Waals surface area (Å²) < 4.78 is 5.44. The van der Waals surface area contributed by atoms with Crippen LogP contribution >= 0.6 is 11.3 Å². The molecule has 0 spiro atoms. The second kappa shape index (κ2) is 6.69. The van der Waals surface area contributed by atoms with Gasteiger partial charge in [-0.05, 0) is 44.2 Å². The third-order valence-electron chi connectivity index (χ3n) is 5.14. The summed E-state index contributed by atoms with van der Waals surface area (Å²) in [6.45, 7) is 8.63. The average Bonchev–Trinajstić information content (AvgIpc) is 3.15. The van der Waals surface area contributed by atoms with E-state index in [1.807, 2.05) is 0 Å². The molecule has 0 unspecified atom stereocenters. The van der Waals surface area contributed by atoms with Gasteiger partial charge in [0.25, 0.3) is 5.91 Å². The van der Waals surface area contributed by atoms with E-state index in [2.05, 4.69) is 30.1 Å². The first kappa shape index (κ1) is 16.0. The number of nitrogens with one attached hydrogen (secondary N) is 1. The number of ether oxygens (including phenoxy) is 1. The Morgan fingerprint density at radius 1 is 1.41 bits per heavy atom. The molecule has 1 amide bonds. The van der Waals surface area contributed by atoms with Gasteiger partial charge in [0.1, 0.15) is 0 Å². The number of aryl methyl sites for hydroxylation is 2. The molecule has 3 rings (SSSR count). The zero-order valence-electron chi connectivity index (χ0n) is 13.6. The maximum Gasteiger partial charge on any atom is 0.261 e. The maximum absolute atomic E-state index is 12.5. The molecular weight excluding hydrogens is 296 g/mol. The van der Waals surface area contributed by atoms with Gasteiger partial charge in [-0.15, -0.1) is 11.3 Å². The van der Waals surface area contributed by atoms with Crippen molar-refractivity contribution in [3.8, 4) is 0 Å². The van der Waals surface area contributed by atoms with Crippen LogP contribution in [-0.4, -0.2) is 49.2 Å². The molecule has 2 heterocycles. The minimum absolute atomic E-state index is 0.0133. The number of carbonyl (C=O) groups excluding carboxylic acids is 1. The van der Waals surface area contributed by atoms with Gasteiger partial charge in [-0.2, -0.15) is 0 Å². The highest BCUT2D eigenvalue weighted by Gasteiger charge is 2.32. The SMILES string of the molecule is CC[C@@](C)(CNC(=O)c1cc2c(s1)CCC2)N1CCOCC1. The summed E-state index contributed by atoms with van der Waals surface area (Å²) in [4.78, 5) is 17.2. The predicted molar refractivity (Wildman–Crippen MR) is 89.8 cm³/mol. The lowest BCUT2D eigenvalue weighted by Crippen LogP contribution is -2.56. The van der Waals surface area contributed by atoms with Crippen LogP contribution in [0.1, 0.15) is 46.8 Å². The van der Waals surface area contributed by atoms with Crippen molar-refractivity contribution >= 4 is 17.2 Å². The van der Waals surface area contributed by atoms with Crippen molar-refractivity contribution in [2.45, 2.75) is 45.1 Å². The third-order valence-corrected chi connectivity index (χ3v) is 6.37. The predicted octanol–water partition coefficient (Wildman–Crippen LogP) is 2.47. The molecule has 22 heavy (non-hydrogen) atoms. The quantitative estimate of drug-likeness (QED) is 0.905. The molecule has 1 aromatic heterocycles. The van der Waals surface area contributed by atoms with E-state index in [0.717, 1.165) is 50.4 Å². The van der Waals surface area contributed by atoms with Gasteiger partial charge in [0.05, 0.1) is 18.1 Å². The number of thiophene rings is 1. The van der Waals surface area contributed by atoms with Crippen LogP contribution in [-0.2, 0) is 17.6 Å². The number of rotatable bonds is 5. The highest BCUT2D eigenvalue weighted by molar-refractivity contribution is 7.14. The molecule has 0 radical (unpaired) electrons. The van der Waals surface area contributed by atoms with Crippen LogP contribution < -0.4 is 5.32 Å². The molecule has 4 nitrogen and oxygen atoms in total. The van der Waals surface area contributed by atoms with E-state index >= 15 is 0 Å². The molecule has 0 bridgehead atoms. The summed E-state index contributed by atoms with van der Waals surface area (Å²) in [7, 11) is 0. The summed E-state index contributed by atoms with van der Waals surface area (Å²) in [6, 6.07) is 2.10. The molecule has 1 aliphatic heterocycles. The summed E-state index contributed by atoms with van der Waals surface area (Å²) >= 11 is 1.68. The van der Waals surface area contributed by atoms with Crippen molar-refractivity contribution in [2.24, 2.45) is 0 Å². The van der Waals surface area contributed by atoms with E-state index in [1.54, 1.807) is 11.3 Å². The van der Waals surface area contributed by atoms with Gasteiger partial charge in [-0.25, -0.2) is 0 Å². The Morgan fingerprint density at radius 2 is 2.18 bits per heavy atom. The Labute approximate surface area is 136 Å². The van der Waals surface area contributed by atoms with Gasteiger partial charge < -0.3 is 10.1 Å². The number of nitrogens with zero attached hydrogens (tertiary/aromatic N) is 1. The number of carbonyl (C=O) groups is 1. The van der Waals surface area contributed by atoms with Gasteiger partial charge >= 0.3 is 0 Å². The number of fused-ring (bicyclic) bond motifs is 1. The maximum atomic E-state index is 12.5. The zero-order chi connectivity index (χ0) is 15.6. The Kier molecular flexibility index (Phi) is 4.85. The standard InChI is InChI=1S/C17H26N2O2S/c1-3-17(2,19-7-9-21-10-8-19)12-18-16(20)15-11-13-5-4-6-14(13)22-15/h11H,3-10,12H2,1-2H3,(H,18,20)/t17-/m0/s1. The molecule has 1 aliphatic carbocycles. The normalized spacial score (nSPS) is 21.4. The first-order valence-corrected chi connectivity index (χ1v) is 9.16. The highest BCUT2D eigenvalue weighted by atomic mass is 32.1. The first-order valence-electron chi connectivity index (χ1n) is 8.35. The van der Waals surface area contributed by atoms with Gasteiger partial charge in [0, 0.05) is 30.1 Å². The molecule has 1 N–H and O–H groups in total. The lowest BCUT2D eigenvalue weighted by molar-refractivity contribution is -0.0169. The summed E-state index contributed by atoms with van der Waals surface area (Å²) in [6.07, 6.45) is 4.55. The fourth-order valence-corrected chi connectivity index (χ4v) is 4.53. The minimum Gasteiger partial charge on any atom is -0.379 e. The van der Waals surface area contributed by atoms with Crippen molar-refractivity contribution < 1.29 is 9.53 Å². The lowest BCUT2D eigenvalue weighted by atomic mass is 9.95. The van der Waals surface area contributed by atoms with Crippen molar-refractivity contribution in [3.63, 3.8) is 0 Å². The molecule has 1 aromatic rings. The average molecular weight is 322 g/mol. The second-order valence-electron chi connectivity index (χ2n) is 6.55. The summed E-state index contributed by atoms with van der Waals surface area (Å²) in [5, 5.41) is 3.17. The summed E-state index contributed by atoms with van der Waals surface area (Å²) in [5.41, 5.74) is 1.40. The number of hydrogen-bond donors (Lipinski definition) is 1. The molecule has 5 heteroatoms. The minimum atomic E-state index is 0.0133. The fourth-order valence-electron chi connectivity index (χ4n) is 3.36. The Hall–Kier alpha value is -0.910. The van der Waals surface area contributed by atoms with Crippen molar-refractivity contribution in [2.75, 3.05) is 32.8 Å². The zero-order valence-corrected chi connectivity index (χ0v) is 14.4. The topological polar surface area (TPSA) is 41.6 Å². The van der Waals surface area contributed by atoms with E-state index in [0.29, 0.717) is 6.54 Å². The molecule has 122 valence electrons. The van der Waals surface area contributed by atoms with E-state index < -0.39 is 0 Å². The second-order valence-corrected chi connectivity index (χ2v) is 7.68. The third kappa shape index (κ3) is 3.21. The van der Waals surface area contributed by atoms with E-state index in [-0.39, 0.29) is 11.4 Å². The van der Waals surface area contributed by atoms with Crippen molar-refractivity contribution in [1.82, 2.24) is 10.2 Å². The molecule has 1 fully saturated rings. The van der Waals surface area contributed by atoms with Crippen LogP contribution in [0.15, 0.2) is 6.07 Å². The fraction of sp³-hybridized carbons (Fsp3) is 0.706. The van der Waals surface area contributed by atoms with Crippen LogP contribution in [0, 0.1) is 0 Å². The number of hydrogen-bond acceptors (Lipinski definition) is 4. The van der Waals surface area contributed by atoms with E-state index in [4.69, 9.17) is 4.74 Å². The largest absolute Gasteiger partial charge is 0.379 e. The van der Waals surface area contributed by atoms with Crippen molar-refractivity contribution in [1.29, 1.82) is 0 Å². The van der Waals surface area contributed by atoms with E-state index in [9.17, 15) is 4.79 Å². The van der Waals surface area contributed by atoms with Crippen LogP contribution in [0.4, 0.5) is 0 Å². The molecule has 2 aliphatic rings. The molecule has 1 saturated heterocycles. The molecular formula is C17H26N2O2S. The number of amides is 1. The van der Waals surface area contributed by atoms with Crippen LogP contribution in [0.25, 0.3) is 0 Å².